The summed E-state index contributed by atoms with van der Waals surface area (Å²) < 4.78 is 14.4. The maximum atomic E-state index is 14.4. The summed E-state index contributed by atoms with van der Waals surface area (Å²) in [5, 5.41) is 0. The number of amides is 2. The lowest BCUT2D eigenvalue weighted by atomic mass is 9.75. The van der Waals surface area contributed by atoms with E-state index in [9.17, 15) is 14.0 Å². The van der Waals surface area contributed by atoms with Gasteiger partial charge < -0.3 is 9.80 Å². The summed E-state index contributed by atoms with van der Waals surface area (Å²) >= 11 is 0. The lowest BCUT2D eigenvalue weighted by Crippen LogP contribution is -2.59. The summed E-state index contributed by atoms with van der Waals surface area (Å²) in [5.41, 5.74) is 1.88. The number of hydrogen-bond donors (Lipinski definition) is 0. The molecular weight excluding hydrogens is 367 g/mol. The highest BCUT2D eigenvalue weighted by Gasteiger charge is 2.56. The molecule has 2 aromatic carbocycles. The molecule has 4 nitrogen and oxygen atoms in total. The highest BCUT2D eigenvalue weighted by Crippen LogP contribution is 2.51. The van der Waals surface area contributed by atoms with Crippen LogP contribution in [-0.2, 0) is 20.4 Å². The predicted molar refractivity (Wildman–Crippen MR) is 108 cm³/mol. The number of hydrogen-bond acceptors (Lipinski definition) is 2. The van der Waals surface area contributed by atoms with Crippen molar-refractivity contribution in [3.8, 4) is 0 Å². The van der Waals surface area contributed by atoms with Gasteiger partial charge in [-0.2, -0.15) is 0 Å². The van der Waals surface area contributed by atoms with Gasteiger partial charge in [0, 0.05) is 24.1 Å². The van der Waals surface area contributed by atoms with Gasteiger partial charge in [-0.05, 0) is 30.0 Å². The molecule has 0 radical (unpaired) electrons. The largest absolute Gasteiger partial charge is 0.331 e. The van der Waals surface area contributed by atoms with Crippen LogP contribution >= 0.6 is 0 Å². The third-order valence-corrected chi connectivity index (χ3v) is 6.87. The first kappa shape index (κ1) is 18.3. The summed E-state index contributed by atoms with van der Waals surface area (Å²) in [7, 11) is 0. The van der Waals surface area contributed by atoms with Crippen LogP contribution in [-0.4, -0.2) is 41.2 Å². The molecule has 2 amide bonds. The maximum absolute atomic E-state index is 14.4. The monoisotopic (exact) mass is 392 g/mol. The molecule has 2 fully saturated rings. The lowest BCUT2D eigenvalue weighted by molar-refractivity contribution is -0.151. The van der Waals surface area contributed by atoms with Crippen LogP contribution in [0.25, 0.3) is 0 Å². The van der Waals surface area contributed by atoms with Crippen molar-refractivity contribution < 1.29 is 14.0 Å². The van der Waals surface area contributed by atoms with Crippen LogP contribution in [0.2, 0.25) is 0 Å². The first-order valence-corrected chi connectivity index (χ1v) is 10.3. The molecule has 5 rings (SSSR count). The van der Waals surface area contributed by atoms with Gasteiger partial charge in [0.05, 0.1) is 18.0 Å². The Bertz CT molecular complexity index is 1010. The van der Waals surface area contributed by atoms with Crippen LogP contribution in [0.3, 0.4) is 0 Å². The minimum atomic E-state index is -0.804. The van der Waals surface area contributed by atoms with Crippen LogP contribution in [0.4, 0.5) is 4.39 Å². The van der Waals surface area contributed by atoms with E-state index < -0.39 is 5.41 Å². The Morgan fingerprint density at radius 2 is 1.69 bits per heavy atom. The number of benzene rings is 2. The third kappa shape index (κ3) is 2.70. The minimum absolute atomic E-state index is 0.0264. The van der Waals surface area contributed by atoms with E-state index in [1.54, 1.807) is 23.1 Å². The van der Waals surface area contributed by atoms with E-state index in [1.807, 2.05) is 17.0 Å². The van der Waals surface area contributed by atoms with E-state index in [-0.39, 0.29) is 35.6 Å². The summed E-state index contributed by atoms with van der Waals surface area (Å²) in [6.45, 7) is 5.50. The average Bonchev–Trinajstić information content (AvgIpc) is 3.50. The molecule has 2 heterocycles. The fraction of sp³-hybridized carbons (Fsp3) is 0.417. The molecule has 2 aliphatic heterocycles. The van der Waals surface area contributed by atoms with Crippen molar-refractivity contribution in [1.29, 1.82) is 0 Å². The standard InChI is InChI=1S/C24H25FN2O2/c1-23(2)15-27-20(16-7-3-4-8-17(16)23)13-26(14-21(27)28)22(29)24(11-12-24)18-9-5-6-10-19(18)25/h3-10,20H,11-15H2,1-2H3. The first-order chi connectivity index (χ1) is 13.8. The molecule has 0 bridgehead atoms. The van der Waals surface area contributed by atoms with Crippen molar-refractivity contribution in [2.45, 2.75) is 43.6 Å². The van der Waals surface area contributed by atoms with Gasteiger partial charge in [-0.25, -0.2) is 4.39 Å². The van der Waals surface area contributed by atoms with Gasteiger partial charge in [-0.3, -0.25) is 9.59 Å². The van der Waals surface area contributed by atoms with Crippen molar-refractivity contribution in [2.24, 2.45) is 0 Å². The zero-order valence-corrected chi connectivity index (χ0v) is 16.8. The van der Waals surface area contributed by atoms with Crippen LogP contribution in [0.15, 0.2) is 48.5 Å². The molecule has 1 unspecified atom stereocenters. The number of halogens is 1. The van der Waals surface area contributed by atoms with Crippen LogP contribution in [0.5, 0.6) is 0 Å². The molecule has 1 saturated heterocycles. The summed E-state index contributed by atoms with van der Waals surface area (Å²) in [6, 6.07) is 14.6. The van der Waals surface area contributed by atoms with Gasteiger partial charge in [0.25, 0.3) is 0 Å². The first-order valence-electron chi connectivity index (χ1n) is 10.3. The van der Waals surface area contributed by atoms with Gasteiger partial charge >= 0.3 is 0 Å². The van der Waals surface area contributed by atoms with E-state index in [1.165, 1.54) is 11.6 Å². The fourth-order valence-corrected chi connectivity index (χ4v) is 5.21. The predicted octanol–water partition coefficient (Wildman–Crippen LogP) is 3.56. The third-order valence-electron chi connectivity index (χ3n) is 6.87. The normalized spacial score (nSPS) is 24.0. The Kier molecular flexibility index (Phi) is 3.89. The van der Waals surface area contributed by atoms with E-state index in [0.29, 0.717) is 31.5 Å². The van der Waals surface area contributed by atoms with Crippen LogP contribution in [0.1, 0.15) is 49.4 Å². The Hall–Kier alpha value is -2.69. The SMILES string of the molecule is CC1(C)CN2C(=O)CN(C(=O)C3(c4ccccc4F)CC3)CC2c2ccccc21. The van der Waals surface area contributed by atoms with Gasteiger partial charge in [-0.1, -0.05) is 56.3 Å². The number of carbonyl (C=O) groups excluding carboxylic acids is 2. The number of rotatable bonds is 2. The minimum Gasteiger partial charge on any atom is -0.331 e. The van der Waals surface area contributed by atoms with Gasteiger partial charge in [0.15, 0.2) is 0 Å². The molecule has 1 saturated carbocycles. The highest BCUT2D eigenvalue weighted by atomic mass is 19.1. The molecule has 0 spiro atoms. The zero-order valence-electron chi connectivity index (χ0n) is 16.8. The Morgan fingerprint density at radius 1 is 1.03 bits per heavy atom. The number of nitrogens with zero attached hydrogens (tertiary/aromatic N) is 2. The van der Waals surface area contributed by atoms with Crippen molar-refractivity contribution in [3.05, 3.63) is 71.0 Å². The van der Waals surface area contributed by atoms with Crippen molar-refractivity contribution >= 4 is 11.8 Å². The maximum Gasteiger partial charge on any atom is 0.242 e. The molecule has 3 aliphatic rings. The quantitative estimate of drug-likeness (QED) is 0.784. The molecule has 0 aromatic heterocycles. The molecule has 29 heavy (non-hydrogen) atoms. The molecular formula is C24H25FN2O2. The smallest absolute Gasteiger partial charge is 0.242 e. The van der Waals surface area contributed by atoms with Gasteiger partial charge in [0.1, 0.15) is 5.82 Å². The molecule has 150 valence electrons. The van der Waals surface area contributed by atoms with E-state index in [2.05, 4.69) is 26.0 Å². The van der Waals surface area contributed by atoms with Crippen molar-refractivity contribution in [3.63, 3.8) is 0 Å². The van der Waals surface area contributed by atoms with Crippen molar-refractivity contribution in [2.75, 3.05) is 19.6 Å². The van der Waals surface area contributed by atoms with Crippen LogP contribution < -0.4 is 0 Å². The topological polar surface area (TPSA) is 40.6 Å². The van der Waals surface area contributed by atoms with E-state index in [4.69, 9.17) is 0 Å². The fourth-order valence-electron chi connectivity index (χ4n) is 5.21. The zero-order chi connectivity index (χ0) is 20.4. The lowest BCUT2D eigenvalue weighted by Gasteiger charge is -2.50. The van der Waals surface area contributed by atoms with E-state index >= 15 is 0 Å². The summed E-state index contributed by atoms with van der Waals surface area (Å²) in [5.74, 6) is -0.479. The van der Waals surface area contributed by atoms with E-state index in [0.717, 1.165) is 5.56 Å². The van der Waals surface area contributed by atoms with Crippen molar-refractivity contribution in [1.82, 2.24) is 9.80 Å². The Labute approximate surface area is 170 Å². The second kappa shape index (κ2) is 6.15. The second-order valence-corrected chi connectivity index (χ2v) is 9.26. The molecule has 1 aliphatic carbocycles. The molecule has 5 heteroatoms. The summed E-state index contributed by atoms with van der Waals surface area (Å²) in [6.07, 6.45) is 1.27. The number of piperazine rings is 1. The summed E-state index contributed by atoms with van der Waals surface area (Å²) in [4.78, 5) is 30.1. The molecule has 1 atom stereocenters. The number of fused-ring (bicyclic) bond motifs is 3. The average molecular weight is 392 g/mol. The molecule has 0 N–H and O–H groups in total. The van der Waals surface area contributed by atoms with Gasteiger partial charge in [-0.15, -0.1) is 0 Å². The number of carbonyl (C=O) groups is 2. The Balaban J connectivity index is 1.49. The highest BCUT2D eigenvalue weighted by molar-refractivity contribution is 5.95. The Morgan fingerprint density at radius 3 is 2.38 bits per heavy atom. The van der Waals surface area contributed by atoms with Crippen LogP contribution in [0, 0.1) is 5.82 Å². The second-order valence-electron chi connectivity index (χ2n) is 9.26. The van der Waals surface area contributed by atoms with Gasteiger partial charge in [0.2, 0.25) is 11.8 Å². The molecule has 2 aromatic rings.